The van der Waals surface area contributed by atoms with Crippen LogP contribution in [-0.4, -0.2) is 28.2 Å². The second-order valence-corrected chi connectivity index (χ2v) is 4.77. The molecule has 0 spiro atoms. The number of nitrogens with zero attached hydrogens (tertiary/aromatic N) is 3. The van der Waals surface area contributed by atoms with Crippen molar-refractivity contribution in [3.8, 4) is 11.5 Å². The van der Waals surface area contributed by atoms with Gasteiger partial charge in [0.15, 0.2) is 0 Å². The standard InChI is InChI=1S/C13H15FN4O/c14-10-1-2-11(16-8-10)13-17-12(19-18-13)7-9-3-5-15-6-4-9/h1-2,8-9,15H,3-7H2. The first-order valence-electron chi connectivity index (χ1n) is 6.46. The first-order chi connectivity index (χ1) is 9.31. The van der Waals surface area contributed by atoms with E-state index < -0.39 is 0 Å². The monoisotopic (exact) mass is 262 g/mol. The minimum atomic E-state index is -0.373. The molecule has 0 aromatic carbocycles. The zero-order valence-corrected chi connectivity index (χ0v) is 10.5. The summed E-state index contributed by atoms with van der Waals surface area (Å²) in [6.07, 6.45) is 4.22. The lowest BCUT2D eigenvalue weighted by Crippen LogP contribution is -2.28. The zero-order valence-electron chi connectivity index (χ0n) is 10.5. The fraction of sp³-hybridized carbons (Fsp3) is 0.462. The van der Waals surface area contributed by atoms with E-state index in [0.29, 0.717) is 23.3 Å². The third-order valence-electron chi connectivity index (χ3n) is 3.35. The third-order valence-corrected chi connectivity index (χ3v) is 3.35. The first kappa shape index (κ1) is 12.2. The van der Waals surface area contributed by atoms with Gasteiger partial charge in [0.25, 0.3) is 0 Å². The summed E-state index contributed by atoms with van der Waals surface area (Å²) in [5, 5.41) is 7.22. The minimum Gasteiger partial charge on any atom is -0.339 e. The maximum Gasteiger partial charge on any atom is 0.227 e. The molecule has 6 heteroatoms. The summed E-state index contributed by atoms with van der Waals surface area (Å²) in [6.45, 7) is 2.09. The van der Waals surface area contributed by atoms with Crippen molar-refractivity contribution in [2.45, 2.75) is 19.3 Å². The Morgan fingerprint density at radius 1 is 1.32 bits per heavy atom. The second-order valence-electron chi connectivity index (χ2n) is 4.77. The van der Waals surface area contributed by atoms with Crippen LogP contribution >= 0.6 is 0 Å². The van der Waals surface area contributed by atoms with Gasteiger partial charge in [-0.25, -0.2) is 9.37 Å². The average Bonchev–Trinajstić information content (AvgIpc) is 2.89. The molecule has 1 N–H and O–H groups in total. The van der Waals surface area contributed by atoms with Crippen LogP contribution in [0.1, 0.15) is 18.7 Å². The molecule has 1 aliphatic heterocycles. The smallest absolute Gasteiger partial charge is 0.227 e. The molecule has 5 nitrogen and oxygen atoms in total. The summed E-state index contributed by atoms with van der Waals surface area (Å²) in [7, 11) is 0. The number of hydrogen-bond acceptors (Lipinski definition) is 5. The van der Waals surface area contributed by atoms with E-state index in [9.17, 15) is 4.39 Å². The van der Waals surface area contributed by atoms with Crippen LogP contribution in [0.5, 0.6) is 0 Å². The number of piperidine rings is 1. The molecule has 19 heavy (non-hydrogen) atoms. The molecule has 3 rings (SSSR count). The molecule has 0 saturated carbocycles. The molecule has 0 aliphatic carbocycles. The predicted octanol–water partition coefficient (Wildman–Crippen LogP) is 1.81. The molecule has 3 heterocycles. The molecule has 0 bridgehead atoms. The van der Waals surface area contributed by atoms with Crippen molar-refractivity contribution in [3.63, 3.8) is 0 Å². The Hall–Kier alpha value is -1.82. The van der Waals surface area contributed by atoms with Gasteiger partial charge in [-0.15, -0.1) is 0 Å². The first-order valence-corrected chi connectivity index (χ1v) is 6.46. The highest BCUT2D eigenvalue weighted by Crippen LogP contribution is 2.19. The van der Waals surface area contributed by atoms with E-state index in [0.717, 1.165) is 38.5 Å². The van der Waals surface area contributed by atoms with Crippen LogP contribution in [0, 0.1) is 11.7 Å². The Bertz CT molecular complexity index is 534. The number of hydrogen-bond donors (Lipinski definition) is 1. The highest BCUT2D eigenvalue weighted by Gasteiger charge is 2.18. The second kappa shape index (κ2) is 5.44. The van der Waals surface area contributed by atoms with E-state index in [1.807, 2.05) is 0 Å². The van der Waals surface area contributed by atoms with E-state index in [1.54, 1.807) is 6.07 Å². The lowest BCUT2D eigenvalue weighted by atomic mass is 9.95. The summed E-state index contributed by atoms with van der Waals surface area (Å²) >= 11 is 0. The van der Waals surface area contributed by atoms with Crippen molar-refractivity contribution in [2.75, 3.05) is 13.1 Å². The lowest BCUT2D eigenvalue weighted by molar-refractivity contribution is 0.313. The van der Waals surface area contributed by atoms with E-state index >= 15 is 0 Å². The Balaban J connectivity index is 1.70. The van der Waals surface area contributed by atoms with Crippen molar-refractivity contribution < 1.29 is 8.91 Å². The van der Waals surface area contributed by atoms with Gasteiger partial charge < -0.3 is 9.84 Å². The molecular weight excluding hydrogens is 247 g/mol. The van der Waals surface area contributed by atoms with Crippen LogP contribution in [0.2, 0.25) is 0 Å². The number of halogens is 1. The van der Waals surface area contributed by atoms with Gasteiger partial charge in [-0.2, -0.15) is 4.98 Å². The SMILES string of the molecule is Fc1ccc(-c2noc(CC3CCNCC3)n2)nc1. The van der Waals surface area contributed by atoms with E-state index in [2.05, 4.69) is 20.4 Å². The Morgan fingerprint density at radius 2 is 2.16 bits per heavy atom. The van der Waals surface area contributed by atoms with Gasteiger partial charge in [-0.1, -0.05) is 5.16 Å². The van der Waals surface area contributed by atoms with E-state index in [-0.39, 0.29) is 5.82 Å². The van der Waals surface area contributed by atoms with Gasteiger partial charge in [-0.05, 0) is 44.0 Å². The van der Waals surface area contributed by atoms with Gasteiger partial charge in [0.2, 0.25) is 11.7 Å². The van der Waals surface area contributed by atoms with Crippen molar-refractivity contribution in [1.29, 1.82) is 0 Å². The highest BCUT2D eigenvalue weighted by molar-refractivity contribution is 5.47. The molecule has 0 radical (unpaired) electrons. The summed E-state index contributed by atoms with van der Waals surface area (Å²) in [5.74, 6) is 1.27. The third kappa shape index (κ3) is 2.96. The van der Waals surface area contributed by atoms with Crippen LogP contribution in [0.25, 0.3) is 11.5 Å². The van der Waals surface area contributed by atoms with Gasteiger partial charge in [0, 0.05) is 6.42 Å². The summed E-state index contributed by atoms with van der Waals surface area (Å²) in [4.78, 5) is 8.26. The average molecular weight is 262 g/mol. The quantitative estimate of drug-likeness (QED) is 0.914. The van der Waals surface area contributed by atoms with Gasteiger partial charge >= 0.3 is 0 Å². The fourth-order valence-electron chi connectivity index (χ4n) is 2.28. The van der Waals surface area contributed by atoms with Crippen molar-refractivity contribution in [2.24, 2.45) is 5.92 Å². The molecule has 2 aromatic rings. The van der Waals surface area contributed by atoms with Gasteiger partial charge in [0.05, 0.1) is 6.20 Å². The summed E-state index contributed by atoms with van der Waals surface area (Å²) in [5.41, 5.74) is 0.529. The van der Waals surface area contributed by atoms with Crippen molar-refractivity contribution in [1.82, 2.24) is 20.4 Å². The fourth-order valence-corrected chi connectivity index (χ4v) is 2.28. The Morgan fingerprint density at radius 3 is 2.89 bits per heavy atom. The number of aromatic nitrogens is 3. The lowest BCUT2D eigenvalue weighted by Gasteiger charge is -2.20. The molecule has 1 fully saturated rings. The van der Waals surface area contributed by atoms with E-state index in [4.69, 9.17) is 4.52 Å². The molecule has 0 amide bonds. The normalized spacial score (nSPS) is 16.7. The Kier molecular flexibility index (Phi) is 3.50. The number of nitrogens with one attached hydrogen (secondary N) is 1. The van der Waals surface area contributed by atoms with Gasteiger partial charge in [0.1, 0.15) is 11.5 Å². The maximum absolute atomic E-state index is 12.8. The molecule has 1 saturated heterocycles. The van der Waals surface area contributed by atoms with Crippen LogP contribution in [0.3, 0.4) is 0 Å². The van der Waals surface area contributed by atoms with Crippen LogP contribution in [0.15, 0.2) is 22.9 Å². The molecule has 0 atom stereocenters. The topological polar surface area (TPSA) is 63.8 Å². The molecule has 2 aromatic heterocycles. The summed E-state index contributed by atoms with van der Waals surface area (Å²) < 4.78 is 18.0. The molecule has 100 valence electrons. The number of rotatable bonds is 3. The summed E-state index contributed by atoms with van der Waals surface area (Å²) in [6, 6.07) is 2.89. The van der Waals surface area contributed by atoms with Crippen LogP contribution < -0.4 is 5.32 Å². The van der Waals surface area contributed by atoms with Crippen molar-refractivity contribution in [3.05, 3.63) is 30.0 Å². The van der Waals surface area contributed by atoms with Gasteiger partial charge in [-0.3, -0.25) is 0 Å². The Labute approximate surface area is 110 Å². The van der Waals surface area contributed by atoms with Crippen LogP contribution in [0.4, 0.5) is 4.39 Å². The molecule has 1 aliphatic rings. The van der Waals surface area contributed by atoms with Crippen molar-refractivity contribution >= 4 is 0 Å². The van der Waals surface area contributed by atoms with E-state index in [1.165, 1.54) is 6.07 Å². The van der Waals surface area contributed by atoms with Crippen LogP contribution in [-0.2, 0) is 6.42 Å². The minimum absolute atomic E-state index is 0.373. The largest absolute Gasteiger partial charge is 0.339 e. The predicted molar refractivity (Wildman–Crippen MR) is 66.8 cm³/mol. The molecule has 0 unspecified atom stereocenters. The molecular formula is C13H15FN4O. The maximum atomic E-state index is 12.8. The number of pyridine rings is 1. The highest BCUT2D eigenvalue weighted by atomic mass is 19.1. The zero-order chi connectivity index (χ0) is 13.1.